The molecule has 0 saturated heterocycles. The Kier molecular flexibility index (Phi) is 5.61. The topological polar surface area (TPSA) is 35.5 Å². The first-order chi connectivity index (χ1) is 16.3. The first-order valence-electron chi connectivity index (χ1n) is 10.8. The Morgan fingerprint density at radius 2 is 1.09 bits per heavy atom. The number of carbonyl (C=O) groups is 1. The highest BCUT2D eigenvalue weighted by molar-refractivity contribution is 6.24. The van der Waals surface area contributed by atoms with Gasteiger partial charge in [-0.15, -0.1) is 0 Å². The highest BCUT2D eigenvalue weighted by Gasteiger charge is 2.44. The Morgan fingerprint density at radius 3 is 1.70 bits per heavy atom. The summed E-state index contributed by atoms with van der Waals surface area (Å²) in [5.41, 5.74) is 3.66. The van der Waals surface area contributed by atoms with Crippen LogP contribution in [0, 0.1) is 0 Å². The van der Waals surface area contributed by atoms with Gasteiger partial charge in [-0.25, -0.2) is 4.79 Å². The summed E-state index contributed by atoms with van der Waals surface area (Å²) < 4.78 is 12.7. The van der Waals surface area contributed by atoms with Crippen molar-refractivity contribution < 1.29 is 14.3 Å². The van der Waals surface area contributed by atoms with Crippen molar-refractivity contribution in [1.82, 2.24) is 0 Å². The molecule has 0 N–H and O–H groups in total. The number of hydrogen-bond donors (Lipinski definition) is 0. The lowest BCUT2D eigenvalue weighted by atomic mass is 9.96. The second-order valence-corrected chi connectivity index (χ2v) is 7.71. The zero-order valence-corrected chi connectivity index (χ0v) is 17.9. The van der Waals surface area contributed by atoms with Crippen LogP contribution in [0.3, 0.4) is 0 Å². The highest BCUT2D eigenvalue weighted by atomic mass is 16.7. The van der Waals surface area contributed by atoms with Crippen LogP contribution in [0.15, 0.2) is 127 Å². The lowest BCUT2D eigenvalue weighted by molar-refractivity contribution is -0.191. The molecule has 1 heterocycles. The highest BCUT2D eigenvalue weighted by Crippen LogP contribution is 2.43. The van der Waals surface area contributed by atoms with Crippen LogP contribution in [0.25, 0.3) is 17.4 Å². The second kappa shape index (κ2) is 9.01. The van der Waals surface area contributed by atoms with E-state index in [2.05, 4.69) is 0 Å². The van der Waals surface area contributed by atoms with E-state index in [0.29, 0.717) is 11.3 Å². The molecular formula is C30H22O3. The zero-order chi connectivity index (χ0) is 22.5. The largest absolute Gasteiger partial charge is 0.443 e. The van der Waals surface area contributed by atoms with E-state index in [1.807, 2.05) is 127 Å². The quantitative estimate of drug-likeness (QED) is 0.331. The summed E-state index contributed by atoms with van der Waals surface area (Å²) >= 11 is 0. The lowest BCUT2D eigenvalue weighted by Crippen LogP contribution is -2.37. The predicted octanol–water partition coefficient (Wildman–Crippen LogP) is 6.69. The van der Waals surface area contributed by atoms with Gasteiger partial charge in [-0.1, -0.05) is 127 Å². The van der Waals surface area contributed by atoms with E-state index in [-0.39, 0.29) is 0 Å². The molecule has 1 atom stereocenters. The molecule has 0 amide bonds. The normalized spacial score (nSPS) is 18.1. The first kappa shape index (κ1) is 20.5. The third kappa shape index (κ3) is 4.21. The van der Waals surface area contributed by atoms with Crippen molar-refractivity contribution in [3.05, 3.63) is 150 Å². The molecule has 0 aliphatic carbocycles. The first-order valence-corrected chi connectivity index (χ1v) is 10.8. The van der Waals surface area contributed by atoms with E-state index < -0.39 is 11.8 Å². The van der Waals surface area contributed by atoms with E-state index in [0.717, 1.165) is 22.3 Å². The maximum absolute atomic E-state index is 13.6. The summed E-state index contributed by atoms with van der Waals surface area (Å²) in [6, 6.07) is 38.6. The van der Waals surface area contributed by atoms with Gasteiger partial charge in [0.25, 0.3) is 0 Å². The molecule has 3 heteroatoms. The number of benzene rings is 4. The third-order valence-electron chi connectivity index (χ3n) is 5.50. The van der Waals surface area contributed by atoms with Crippen LogP contribution in [0.2, 0.25) is 0 Å². The van der Waals surface area contributed by atoms with Gasteiger partial charge in [0.1, 0.15) is 11.3 Å². The van der Waals surface area contributed by atoms with Crippen LogP contribution in [0.1, 0.15) is 22.3 Å². The summed E-state index contributed by atoms with van der Waals surface area (Å²) in [6.07, 6.45) is 3.72. The van der Waals surface area contributed by atoms with Gasteiger partial charge >= 0.3 is 11.8 Å². The van der Waals surface area contributed by atoms with Gasteiger partial charge in [0.15, 0.2) is 0 Å². The molecule has 0 aromatic heterocycles. The predicted molar refractivity (Wildman–Crippen MR) is 130 cm³/mol. The second-order valence-electron chi connectivity index (χ2n) is 7.71. The van der Waals surface area contributed by atoms with E-state index in [1.165, 1.54) is 0 Å². The van der Waals surface area contributed by atoms with Crippen molar-refractivity contribution in [2.45, 2.75) is 5.79 Å². The molecule has 33 heavy (non-hydrogen) atoms. The number of hydrogen-bond acceptors (Lipinski definition) is 3. The van der Waals surface area contributed by atoms with Gasteiger partial charge < -0.3 is 9.47 Å². The van der Waals surface area contributed by atoms with Crippen molar-refractivity contribution in [3.63, 3.8) is 0 Å². The van der Waals surface area contributed by atoms with Gasteiger partial charge in [-0.05, 0) is 11.1 Å². The fraction of sp³-hybridized carbons (Fsp3) is 0.0333. The molecule has 1 aliphatic heterocycles. The molecular weight excluding hydrogens is 408 g/mol. The Balaban J connectivity index is 1.70. The van der Waals surface area contributed by atoms with Crippen LogP contribution < -0.4 is 0 Å². The number of ether oxygens (including phenoxy) is 2. The van der Waals surface area contributed by atoms with Crippen LogP contribution in [-0.4, -0.2) is 5.97 Å². The lowest BCUT2D eigenvalue weighted by Gasteiger charge is -2.37. The molecule has 0 fully saturated rings. The fourth-order valence-electron chi connectivity index (χ4n) is 3.87. The van der Waals surface area contributed by atoms with Gasteiger partial charge in [-0.3, -0.25) is 0 Å². The maximum Gasteiger partial charge on any atom is 0.346 e. The van der Waals surface area contributed by atoms with Crippen molar-refractivity contribution in [1.29, 1.82) is 0 Å². The smallest absolute Gasteiger partial charge is 0.346 e. The van der Waals surface area contributed by atoms with E-state index in [4.69, 9.17) is 9.47 Å². The van der Waals surface area contributed by atoms with Crippen molar-refractivity contribution >= 4 is 23.4 Å². The SMILES string of the molecule is O=C1OC(/C=C/c2ccccc2)(c2ccccc2)OC(c2ccccc2)=C1c1ccccc1. The Labute approximate surface area is 193 Å². The number of carbonyl (C=O) groups excluding carboxylic acids is 1. The molecule has 0 spiro atoms. The Morgan fingerprint density at radius 1 is 0.576 bits per heavy atom. The summed E-state index contributed by atoms with van der Waals surface area (Å²) in [5.74, 6) is -1.36. The standard InChI is InChI=1S/C30H22O3/c31-29-27(24-15-7-2-8-16-24)28(25-17-9-3-10-18-25)32-30(33-29,26-19-11-4-12-20-26)22-21-23-13-5-1-6-14-23/h1-22H/b22-21+. The Hall–Kier alpha value is -4.37. The van der Waals surface area contributed by atoms with Crippen molar-refractivity contribution in [2.75, 3.05) is 0 Å². The number of cyclic esters (lactones) is 1. The van der Waals surface area contributed by atoms with Crippen LogP contribution in [-0.2, 0) is 20.1 Å². The molecule has 4 aromatic carbocycles. The maximum atomic E-state index is 13.6. The van der Waals surface area contributed by atoms with Gasteiger partial charge in [-0.2, -0.15) is 0 Å². The fourth-order valence-corrected chi connectivity index (χ4v) is 3.87. The molecule has 1 aliphatic rings. The van der Waals surface area contributed by atoms with Gasteiger partial charge in [0, 0.05) is 17.2 Å². The zero-order valence-electron chi connectivity index (χ0n) is 17.9. The monoisotopic (exact) mass is 430 g/mol. The van der Waals surface area contributed by atoms with E-state index in [9.17, 15) is 4.79 Å². The third-order valence-corrected chi connectivity index (χ3v) is 5.50. The van der Waals surface area contributed by atoms with E-state index in [1.54, 1.807) is 6.08 Å². The molecule has 3 nitrogen and oxygen atoms in total. The number of rotatable bonds is 5. The molecule has 0 bridgehead atoms. The molecule has 160 valence electrons. The summed E-state index contributed by atoms with van der Waals surface area (Å²) in [5, 5.41) is 0. The Bertz CT molecular complexity index is 1290. The molecule has 5 rings (SSSR count). The van der Waals surface area contributed by atoms with Crippen LogP contribution in [0.5, 0.6) is 0 Å². The van der Waals surface area contributed by atoms with Crippen LogP contribution in [0.4, 0.5) is 0 Å². The minimum Gasteiger partial charge on any atom is -0.443 e. The average molecular weight is 431 g/mol. The van der Waals surface area contributed by atoms with Crippen molar-refractivity contribution in [3.8, 4) is 0 Å². The molecule has 1 unspecified atom stereocenters. The van der Waals surface area contributed by atoms with Gasteiger partial charge in [0.05, 0.1) is 0 Å². The van der Waals surface area contributed by atoms with Gasteiger partial charge in [0.2, 0.25) is 0 Å². The summed E-state index contributed by atoms with van der Waals surface area (Å²) in [6.45, 7) is 0. The summed E-state index contributed by atoms with van der Waals surface area (Å²) in [4.78, 5) is 13.6. The van der Waals surface area contributed by atoms with Crippen LogP contribution >= 0.6 is 0 Å². The molecule has 4 aromatic rings. The summed E-state index contributed by atoms with van der Waals surface area (Å²) in [7, 11) is 0. The molecule has 0 saturated carbocycles. The van der Waals surface area contributed by atoms with E-state index >= 15 is 0 Å². The minimum atomic E-state index is -1.41. The van der Waals surface area contributed by atoms with Crippen molar-refractivity contribution in [2.24, 2.45) is 0 Å². The number of esters is 1. The molecule has 0 radical (unpaired) electrons. The average Bonchev–Trinajstić information content (AvgIpc) is 2.89. The minimum absolute atomic E-state index is 0.404.